The number of halogens is 3. The summed E-state index contributed by atoms with van der Waals surface area (Å²) >= 11 is 0.962. The molecule has 0 aliphatic carbocycles. The average Bonchev–Trinajstić information content (AvgIpc) is 2.97. The summed E-state index contributed by atoms with van der Waals surface area (Å²) in [5.74, 6) is -0.476. The predicted molar refractivity (Wildman–Crippen MR) is 164 cm³/mol. The third-order valence-corrected chi connectivity index (χ3v) is 7.48. The number of carbonyl (C=O) groups is 3. The minimum atomic E-state index is -4.48. The lowest BCUT2D eigenvalue weighted by molar-refractivity contribution is -0.155. The van der Waals surface area contributed by atoms with Crippen molar-refractivity contribution in [1.29, 1.82) is 0 Å². The van der Waals surface area contributed by atoms with Crippen LogP contribution in [-0.2, 0) is 27.8 Å². The molecule has 0 bridgehead atoms. The molecule has 3 rings (SSSR count). The van der Waals surface area contributed by atoms with Gasteiger partial charge >= 0.3 is 24.2 Å². The molecule has 0 heterocycles. The number of anilines is 1. The molecule has 3 aromatic rings. The highest BCUT2D eigenvalue weighted by Crippen LogP contribution is 2.33. The van der Waals surface area contributed by atoms with Gasteiger partial charge in [-0.1, -0.05) is 48.5 Å². The first-order valence-corrected chi connectivity index (χ1v) is 14.4. The van der Waals surface area contributed by atoms with Crippen molar-refractivity contribution in [3.63, 3.8) is 0 Å². The van der Waals surface area contributed by atoms with E-state index in [1.165, 1.54) is 13.1 Å². The van der Waals surface area contributed by atoms with E-state index in [4.69, 9.17) is 10.5 Å². The molecule has 0 fully saturated rings. The molecule has 9 nitrogen and oxygen atoms in total. The predicted octanol–water partition coefficient (Wildman–Crippen LogP) is 6.19. The highest BCUT2D eigenvalue weighted by atomic mass is 32.2. The van der Waals surface area contributed by atoms with Crippen LogP contribution in [0, 0.1) is 5.41 Å². The zero-order valence-electron chi connectivity index (χ0n) is 25.0. The lowest BCUT2D eigenvalue weighted by Crippen LogP contribution is -2.50. The summed E-state index contributed by atoms with van der Waals surface area (Å²) in [6, 6.07) is 15.8. The van der Waals surface area contributed by atoms with Crippen molar-refractivity contribution < 1.29 is 32.3 Å². The van der Waals surface area contributed by atoms with E-state index in [1.54, 1.807) is 76.2 Å². The van der Waals surface area contributed by atoms with E-state index in [2.05, 4.69) is 20.7 Å². The van der Waals surface area contributed by atoms with E-state index in [0.717, 1.165) is 24.1 Å². The zero-order chi connectivity index (χ0) is 32.7. The lowest BCUT2D eigenvalue weighted by atomic mass is 9.90. The van der Waals surface area contributed by atoms with Gasteiger partial charge < -0.3 is 26.4 Å². The molecule has 236 valence electrons. The van der Waals surface area contributed by atoms with Gasteiger partial charge in [-0.05, 0) is 80.1 Å². The number of hydrogen-bond acceptors (Lipinski definition) is 6. The molecular weight excluding hydrogens is 595 g/mol. The molecule has 4 amide bonds. The molecule has 1 atom stereocenters. The number of amides is 4. The van der Waals surface area contributed by atoms with Gasteiger partial charge in [0.2, 0.25) is 0 Å². The van der Waals surface area contributed by atoms with Crippen LogP contribution in [0.5, 0.6) is 0 Å². The number of benzene rings is 3. The summed E-state index contributed by atoms with van der Waals surface area (Å²) in [5, 5.41) is 7.97. The van der Waals surface area contributed by atoms with Gasteiger partial charge in [0, 0.05) is 13.6 Å². The summed E-state index contributed by atoms with van der Waals surface area (Å²) in [5.41, 5.74) is 5.97. The second-order valence-corrected chi connectivity index (χ2v) is 12.1. The molecule has 0 aliphatic rings. The van der Waals surface area contributed by atoms with Gasteiger partial charge in [0.05, 0.1) is 27.1 Å². The Labute approximate surface area is 258 Å². The summed E-state index contributed by atoms with van der Waals surface area (Å²) in [7, 11) is 1.50. The third-order valence-electron chi connectivity index (χ3n) is 6.62. The fourth-order valence-electron chi connectivity index (χ4n) is 4.00. The van der Waals surface area contributed by atoms with E-state index in [0.29, 0.717) is 32.8 Å². The number of nitrogens with one attached hydrogen (secondary N) is 4. The molecule has 13 heteroatoms. The van der Waals surface area contributed by atoms with Crippen molar-refractivity contribution in [3.8, 4) is 11.1 Å². The van der Waals surface area contributed by atoms with Crippen molar-refractivity contribution in [2.75, 3.05) is 19.4 Å². The number of nitrogen functional groups attached to an aromatic ring is 1. The van der Waals surface area contributed by atoms with Crippen LogP contribution in [0.1, 0.15) is 44.4 Å². The minimum Gasteiger partial charge on any atom is -0.462 e. The first-order chi connectivity index (χ1) is 20.5. The van der Waals surface area contributed by atoms with E-state index in [1.807, 2.05) is 0 Å². The summed E-state index contributed by atoms with van der Waals surface area (Å²) < 4.78 is 48.0. The summed E-state index contributed by atoms with van der Waals surface area (Å²) in [6.07, 6.45) is -4.48. The molecule has 6 N–H and O–H groups in total. The van der Waals surface area contributed by atoms with Crippen LogP contribution < -0.4 is 26.4 Å². The van der Waals surface area contributed by atoms with Crippen LogP contribution in [0.3, 0.4) is 0 Å². The van der Waals surface area contributed by atoms with Gasteiger partial charge in [-0.2, -0.15) is 13.2 Å². The van der Waals surface area contributed by atoms with Crippen LogP contribution in [-0.4, -0.2) is 31.7 Å². The Kier molecular flexibility index (Phi) is 10.8. The second-order valence-electron chi connectivity index (χ2n) is 11.2. The Hall–Kier alpha value is -4.39. The molecule has 1 unspecified atom stereocenters. The maximum absolute atomic E-state index is 13.2. The smallest absolute Gasteiger partial charge is 0.416 e. The lowest BCUT2D eigenvalue weighted by Gasteiger charge is -2.32. The average molecular weight is 632 g/mol. The summed E-state index contributed by atoms with van der Waals surface area (Å²) in [4.78, 5) is 37.8. The monoisotopic (exact) mass is 631 g/mol. The van der Waals surface area contributed by atoms with E-state index in [-0.39, 0.29) is 19.2 Å². The van der Waals surface area contributed by atoms with Gasteiger partial charge in [0.25, 0.3) is 0 Å². The van der Waals surface area contributed by atoms with Crippen molar-refractivity contribution in [3.05, 3.63) is 83.4 Å². The number of para-hydroxylation sites is 1. The normalized spacial score (nSPS) is 12.9. The third kappa shape index (κ3) is 9.06. The number of alkyl halides is 3. The number of hydrogen-bond donors (Lipinski definition) is 5. The van der Waals surface area contributed by atoms with E-state index >= 15 is 0 Å². The molecule has 0 saturated carbocycles. The van der Waals surface area contributed by atoms with Crippen LogP contribution in [0.4, 0.5) is 28.4 Å². The maximum Gasteiger partial charge on any atom is 0.416 e. The first kappa shape index (κ1) is 34.1. The van der Waals surface area contributed by atoms with Gasteiger partial charge in [-0.25, -0.2) is 9.59 Å². The standard InChI is InChI=1S/C31H36F3N5O4S/c1-29(2,3)26(40)43-18-30(4,22-14-12-19(13-15-22)20-8-6-10-23(16-20)31(32,33)34)38-28(42)39-44-24-11-7-9-21(25(24)35)17-37-27(41)36-5/h6-16H,17-18,35H2,1-5H3,(H2,36,37,41)(H2,38,39,42). The Balaban J connectivity index is 1.81. The zero-order valence-corrected chi connectivity index (χ0v) is 25.8. The molecule has 0 aromatic heterocycles. The highest BCUT2D eigenvalue weighted by molar-refractivity contribution is 7.98. The Morgan fingerprint density at radius 3 is 2.14 bits per heavy atom. The van der Waals surface area contributed by atoms with Gasteiger partial charge in [0.1, 0.15) is 6.61 Å². The largest absolute Gasteiger partial charge is 0.462 e. The number of esters is 1. The molecule has 3 aromatic carbocycles. The molecule has 0 aliphatic heterocycles. The molecule has 44 heavy (non-hydrogen) atoms. The van der Waals surface area contributed by atoms with Crippen LogP contribution in [0.2, 0.25) is 0 Å². The molecule has 0 saturated heterocycles. The van der Waals surface area contributed by atoms with E-state index < -0.39 is 34.7 Å². The molecule has 0 spiro atoms. The molecule has 0 radical (unpaired) electrons. The highest BCUT2D eigenvalue weighted by Gasteiger charge is 2.34. The van der Waals surface area contributed by atoms with Gasteiger partial charge in [-0.15, -0.1) is 0 Å². The number of ether oxygens (including phenoxy) is 1. The van der Waals surface area contributed by atoms with E-state index in [9.17, 15) is 27.6 Å². The van der Waals surface area contributed by atoms with Crippen LogP contribution >= 0.6 is 11.9 Å². The first-order valence-electron chi connectivity index (χ1n) is 13.6. The van der Waals surface area contributed by atoms with Crippen molar-refractivity contribution in [1.82, 2.24) is 20.7 Å². The van der Waals surface area contributed by atoms with Crippen molar-refractivity contribution >= 4 is 35.7 Å². The SMILES string of the molecule is CNC(=O)NCc1cccc(SNC(=O)NC(C)(COC(=O)C(C)(C)C)c2ccc(-c3cccc(C(F)(F)F)c3)cc2)c1N. The topological polar surface area (TPSA) is 135 Å². The number of rotatable bonds is 9. The summed E-state index contributed by atoms with van der Waals surface area (Å²) in [6.45, 7) is 6.75. The van der Waals surface area contributed by atoms with Crippen LogP contribution in [0.25, 0.3) is 11.1 Å². The van der Waals surface area contributed by atoms with Crippen molar-refractivity contribution in [2.45, 2.75) is 50.9 Å². The fraction of sp³-hybridized carbons (Fsp3) is 0.323. The van der Waals surface area contributed by atoms with Crippen molar-refractivity contribution in [2.24, 2.45) is 5.41 Å². The van der Waals surface area contributed by atoms with Crippen LogP contribution in [0.15, 0.2) is 71.6 Å². The Bertz CT molecular complexity index is 1490. The maximum atomic E-state index is 13.2. The quantitative estimate of drug-likeness (QED) is 0.109. The Morgan fingerprint density at radius 1 is 0.864 bits per heavy atom. The minimum absolute atomic E-state index is 0.180. The number of urea groups is 2. The molecular formula is C31H36F3N5O4S. The van der Waals surface area contributed by atoms with Gasteiger partial charge in [0.15, 0.2) is 0 Å². The number of carbonyl (C=O) groups excluding carboxylic acids is 3. The Morgan fingerprint density at radius 2 is 1.52 bits per heavy atom. The second kappa shape index (κ2) is 13.9. The number of nitrogens with two attached hydrogens (primary N) is 1. The fourth-order valence-corrected chi connectivity index (χ4v) is 4.64. The van der Waals surface area contributed by atoms with Gasteiger partial charge in [-0.3, -0.25) is 9.52 Å².